The van der Waals surface area contributed by atoms with Crippen LogP contribution in [0.2, 0.25) is 5.02 Å². The zero-order valence-corrected chi connectivity index (χ0v) is 20.7. The molecule has 0 spiro atoms. The van der Waals surface area contributed by atoms with Gasteiger partial charge in [0.2, 0.25) is 0 Å². The molecule has 0 aromatic heterocycles. The molecule has 0 bridgehead atoms. The highest BCUT2D eigenvalue weighted by molar-refractivity contribution is 6.31. The van der Waals surface area contributed by atoms with Crippen LogP contribution in [-0.4, -0.2) is 48.8 Å². The Morgan fingerprint density at radius 3 is 2.59 bits per heavy atom. The molecule has 1 aliphatic heterocycles. The quantitative estimate of drug-likeness (QED) is 0.531. The van der Waals surface area contributed by atoms with Crippen molar-refractivity contribution in [2.45, 2.75) is 62.6 Å². The van der Waals surface area contributed by atoms with E-state index in [9.17, 15) is 9.18 Å². The van der Waals surface area contributed by atoms with Crippen LogP contribution in [0.5, 0.6) is 5.75 Å². The SMILES string of the molecule is CN(C)[C@]1(c2ccccc2)CC[C@H](Cc2cc(O[C@@H]3CN[C@H](CC(=O)O)C3)cc(Cl)c2F)CC1. The molecule has 1 heterocycles. The molecule has 1 aliphatic carbocycles. The summed E-state index contributed by atoms with van der Waals surface area (Å²) in [5.41, 5.74) is 1.95. The number of ether oxygens (including phenoxy) is 1. The third-order valence-electron chi connectivity index (χ3n) is 7.59. The van der Waals surface area contributed by atoms with Crippen molar-refractivity contribution in [3.05, 3.63) is 64.4 Å². The smallest absolute Gasteiger partial charge is 0.304 e. The maximum atomic E-state index is 14.9. The van der Waals surface area contributed by atoms with E-state index in [1.807, 2.05) is 6.07 Å². The molecule has 34 heavy (non-hydrogen) atoms. The standard InChI is InChI=1S/C27H34ClFN2O3/c1-31(2)27(20-6-4-3-5-7-20)10-8-18(9-11-27)12-19-13-22(16-24(28)26(19)29)34-23-14-21(30-17-23)15-25(32)33/h3-7,13,16,18,21,23,30H,8-12,14-15,17H2,1-2H3,(H,32,33)/t18-,21-,23-,27+/m0/s1. The van der Waals surface area contributed by atoms with Gasteiger partial charge in [0.1, 0.15) is 17.7 Å². The van der Waals surface area contributed by atoms with Crippen molar-refractivity contribution >= 4 is 17.6 Å². The van der Waals surface area contributed by atoms with Gasteiger partial charge in [0.05, 0.1) is 11.4 Å². The van der Waals surface area contributed by atoms with Crippen LogP contribution in [-0.2, 0) is 16.8 Å². The minimum atomic E-state index is -0.830. The highest BCUT2D eigenvalue weighted by atomic mass is 35.5. The number of halogens is 2. The van der Waals surface area contributed by atoms with E-state index in [-0.39, 0.29) is 34.9 Å². The molecule has 1 saturated carbocycles. The van der Waals surface area contributed by atoms with Crippen LogP contribution in [0.25, 0.3) is 0 Å². The lowest BCUT2D eigenvalue weighted by molar-refractivity contribution is -0.137. The van der Waals surface area contributed by atoms with E-state index in [2.05, 4.69) is 48.6 Å². The zero-order valence-electron chi connectivity index (χ0n) is 19.9. The number of hydrogen-bond acceptors (Lipinski definition) is 4. The van der Waals surface area contributed by atoms with Crippen molar-refractivity contribution in [3.8, 4) is 5.75 Å². The molecule has 184 valence electrons. The van der Waals surface area contributed by atoms with E-state index in [0.717, 1.165) is 25.7 Å². The minimum absolute atomic E-state index is 0.0148. The van der Waals surface area contributed by atoms with Crippen LogP contribution in [0, 0.1) is 11.7 Å². The molecule has 0 radical (unpaired) electrons. The largest absolute Gasteiger partial charge is 0.489 e. The Balaban J connectivity index is 1.41. The number of aliphatic carboxylic acids is 1. The van der Waals surface area contributed by atoms with Crippen molar-refractivity contribution in [1.82, 2.24) is 10.2 Å². The average Bonchev–Trinajstić information content (AvgIpc) is 3.24. The van der Waals surface area contributed by atoms with E-state index in [4.69, 9.17) is 21.4 Å². The summed E-state index contributed by atoms with van der Waals surface area (Å²) in [6.45, 7) is 0.566. The Morgan fingerprint density at radius 1 is 1.24 bits per heavy atom. The number of benzene rings is 2. The van der Waals surface area contributed by atoms with Gasteiger partial charge in [-0.05, 0) is 69.3 Å². The lowest BCUT2D eigenvalue weighted by Gasteiger charge is -2.45. The second-order valence-electron chi connectivity index (χ2n) is 10.00. The summed E-state index contributed by atoms with van der Waals surface area (Å²) in [7, 11) is 4.29. The maximum absolute atomic E-state index is 14.9. The molecule has 2 aliphatic rings. The first kappa shape index (κ1) is 25.0. The molecular weight excluding hydrogens is 455 g/mol. The first-order valence-corrected chi connectivity index (χ1v) is 12.5. The molecule has 1 saturated heterocycles. The Kier molecular flexibility index (Phi) is 7.80. The summed E-state index contributed by atoms with van der Waals surface area (Å²) in [5.74, 6) is -0.268. The van der Waals surface area contributed by atoms with Gasteiger partial charge in [-0.1, -0.05) is 41.9 Å². The van der Waals surface area contributed by atoms with Crippen molar-refractivity contribution < 1.29 is 19.0 Å². The number of carbonyl (C=O) groups is 1. The normalized spacial score (nSPS) is 27.1. The van der Waals surface area contributed by atoms with Crippen LogP contribution in [0.1, 0.15) is 49.7 Å². The third-order valence-corrected chi connectivity index (χ3v) is 7.87. The summed E-state index contributed by atoms with van der Waals surface area (Å²) < 4.78 is 21.0. The second kappa shape index (κ2) is 10.6. The summed E-state index contributed by atoms with van der Waals surface area (Å²) in [6.07, 6.45) is 5.22. The molecule has 0 unspecified atom stereocenters. The molecule has 2 N–H and O–H groups in total. The highest BCUT2D eigenvalue weighted by Gasteiger charge is 2.38. The van der Waals surface area contributed by atoms with Gasteiger partial charge in [-0.15, -0.1) is 0 Å². The first-order chi connectivity index (χ1) is 16.3. The van der Waals surface area contributed by atoms with Gasteiger partial charge in [0, 0.05) is 30.6 Å². The average molecular weight is 489 g/mol. The monoisotopic (exact) mass is 488 g/mol. The topological polar surface area (TPSA) is 61.8 Å². The number of carboxylic acid groups (broad SMARTS) is 1. The van der Waals surface area contributed by atoms with Crippen LogP contribution in [0.3, 0.4) is 0 Å². The first-order valence-electron chi connectivity index (χ1n) is 12.1. The van der Waals surface area contributed by atoms with Gasteiger partial charge < -0.3 is 15.2 Å². The lowest BCUT2D eigenvalue weighted by atomic mass is 9.70. The van der Waals surface area contributed by atoms with Gasteiger partial charge in [0.25, 0.3) is 0 Å². The summed E-state index contributed by atoms with van der Waals surface area (Å²) in [6, 6.07) is 13.8. The zero-order chi connectivity index (χ0) is 24.3. The number of rotatable bonds is 8. The van der Waals surface area contributed by atoms with E-state index >= 15 is 0 Å². The molecule has 2 fully saturated rings. The Bertz CT molecular complexity index is 993. The number of nitrogens with one attached hydrogen (secondary N) is 1. The van der Waals surface area contributed by atoms with E-state index in [1.165, 1.54) is 11.6 Å². The predicted molar refractivity (Wildman–Crippen MR) is 132 cm³/mol. The molecule has 2 aromatic carbocycles. The van der Waals surface area contributed by atoms with Gasteiger partial charge in [-0.3, -0.25) is 9.69 Å². The van der Waals surface area contributed by atoms with Crippen LogP contribution < -0.4 is 10.1 Å². The lowest BCUT2D eigenvalue weighted by Crippen LogP contribution is -2.44. The molecular formula is C27H34ClFN2O3. The molecule has 4 rings (SSSR count). The number of carboxylic acids is 1. The summed E-state index contributed by atoms with van der Waals surface area (Å²) in [4.78, 5) is 13.3. The molecule has 5 nitrogen and oxygen atoms in total. The minimum Gasteiger partial charge on any atom is -0.489 e. The molecule has 0 amide bonds. The fourth-order valence-corrected chi connectivity index (χ4v) is 5.91. The third kappa shape index (κ3) is 5.56. The summed E-state index contributed by atoms with van der Waals surface area (Å²) >= 11 is 6.23. The molecule has 2 aromatic rings. The van der Waals surface area contributed by atoms with Crippen molar-refractivity contribution in [2.24, 2.45) is 5.92 Å². The Morgan fingerprint density at radius 2 is 1.94 bits per heavy atom. The predicted octanol–water partition coefficient (Wildman–Crippen LogP) is 5.25. The Labute approximate surface area is 206 Å². The van der Waals surface area contributed by atoms with Crippen LogP contribution in [0.4, 0.5) is 4.39 Å². The van der Waals surface area contributed by atoms with Gasteiger partial charge in [-0.25, -0.2) is 4.39 Å². The Hall–Kier alpha value is -2.15. The highest BCUT2D eigenvalue weighted by Crippen LogP contribution is 2.44. The van der Waals surface area contributed by atoms with Crippen molar-refractivity contribution in [1.29, 1.82) is 0 Å². The second-order valence-corrected chi connectivity index (χ2v) is 10.4. The number of nitrogens with zero attached hydrogens (tertiary/aromatic N) is 1. The summed E-state index contributed by atoms with van der Waals surface area (Å²) in [5, 5.41) is 12.2. The van der Waals surface area contributed by atoms with Crippen molar-refractivity contribution in [3.63, 3.8) is 0 Å². The maximum Gasteiger partial charge on any atom is 0.304 e. The van der Waals surface area contributed by atoms with Gasteiger partial charge in [0.15, 0.2) is 0 Å². The van der Waals surface area contributed by atoms with Gasteiger partial charge >= 0.3 is 5.97 Å². The fourth-order valence-electron chi connectivity index (χ4n) is 5.68. The van der Waals surface area contributed by atoms with E-state index in [0.29, 0.717) is 36.6 Å². The van der Waals surface area contributed by atoms with E-state index in [1.54, 1.807) is 6.07 Å². The fraction of sp³-hybridized carbons (Fsp3) is 0.519. The van der Waals surface area contributed by atoms with Crippen LogP contribution >= 0.6 is 11.6 Å². The number of hydrogen-bond donors (Lipinski definition) is 2. The van der Waals surface area contributed by atoms with Crippen LogP contribution in [0.15, 0.2) is 42.5 Å². The van der Waals surface area contributed by atoms with E-state index < -0.39 is 5.97 Å². The molecule has 7 heteroatoms. The van der Waals surface area contributed by atoms with Gasteiger partial charge in [-0.2, -0.15) is 0 Å². The molecule has 2 atom stereocenters. The van der Waals surface area contributed by atoms with Crippen molar-refractivity contribution in [2.75, 3.05) is 20.6 Å².